The first-order valence-electron chi connectivity index (χ1n) is 13.3. The Morgan fingerprint density at radius 1 is 0.667 bits per heavy atom. The van der Waals surface area contributed by atoms with E-state index in [1.165, 1.54) is 75.4 Å². The fourth-order valence-corrected chi connectivity index (χ4v) is 15.1. The Kier molecular flexibility index (Phi) is 16.8. The summed E-state index contributed by atoms with van der Waals surface area (Å²) in [4.78, 5) is 0. The maximum atomic E-state index is 3.73. The molecule has 5 heteroatoms. The molecule has 4 rings (SSSR count). The summed E-state index contributed by atoms with van der Waals surface area (Å²) in [7, 11) is -1.87. The summed E-state index contributed by atoms with van der Waals surface area (Å²) >= 11 is 0. The van der Waals surface area contributed by atoms with Gasteiger partial charge in [0.1, 0.15) is 0 Å². The molecule has 2 aliphatic heterocycles. The van der Waals surface area contributed by atoms with E-state index in [0.29, 0.717) is 0 Å². The molecule has 184 valence electrons. The van der Waals surface area contributed by atoms with Gasteiger partial charge in [0.15, 0.2) is 0 Å². The van der Waals surface area contributed by atoms with E-state index in [9.17, 15) is 0 Å². The average molecular weight is 558 g/mol. The minimum atomic E-state index is -0.935. The fourth-order valence-electron chi connectivity index (χ4n) is 5.85. The second-order valence-corrected chi connectivity index (χ2v) is 19.6. The molecule has 2 heterocycles. The molecule has 2 fully saturated rings. The Morgan fingerprint density at radius 2 is 1.03 bits per heavy atom. The van der Waals surface area contributed by atoms with Gasteiger partial charge in [0.2, 0.25) is 0 Å². The molecule has 33 heavy (non-hydrogen) atoms. The first-order chi connectivity index (χ1) is 14.6. The van der Waals surface area contributed by atoms with Gasteiger partial charge in [0, 0.05) is 0 Å². The molecule has 0 aromatic heterocycles. The molecule has 0 aromatic carbocycles. The third-order valence-electron chi connectivity index (χ3n) is 8.41. The molecule has 0 bridgehead atoms. The van der Waals surface area contributed by atoms with Gasteiger partial charge in [0.05, 0.1) is 16.1 Å². The van der Waals surface area contributed by atoms with Crippen molar-refractivity contribution in [1.29, 1.82) is 0 Å². The number of allylic oxidation sites excluding steroid dienone is 8. The van der Waals surface area contributed by atoms with E-state index in [1.54, 1.807) is 46.7 Å². The Labute approximate surface area is 235 Å². The van der Waals surface area contributed by atoms with Gasteiger partial charge in [-0.1, -0.05) is 115 Å². The largest absolute Gasteiger partial charge is 4.00 e. The Hall–Kier alpha value is 0.688. The summed E-state index contributed by atoms with van der Waals surface area (Å²) in [6, 6.07) is 9.38. The predicted octanol–water partition coefficient (Wildman–Crippen LogP) is 3.30. The van der Waals surface area contributed by atoms with Crippen LogP contribution in [-0.2, 0) is 21.7 Å². The van der Waals surface area contributed by atoms with Crippen LogP contribution >= 0.6 is 0 Å². The number of rotatable bonds is 10. The second-order valence-electron chi connectivity index (χ2n) is 10.3. The van der Waals surface area contributed by atoms with E-state index in [1.807, 2.05) is 0 Å². The molecule has 0 aromatic rings. The SMILES string of the molecule is CCCC[Si]1(C2=[C-]C(CC)=CC2)CCC1.CCCC[Si]1(C2=[C-]C(CC)=CC2)CCC1.[Cl-].[Cl-].[Ti+4]. The van der Waals surface area contributed by atoms with Crippen LogP contribution in [0.4, 0.5) is 0 Å². The van der Waals surface area contributed by atoms with Crippen molar-refractivity contribution in [2.75, 3.05) is 0 Å². The molecule has 0 saturated carbocycles. The van der Waals surface area contributed by atoms with Crippen LogP contribution in [0.15, 0.2) is 33.7 Å². The fraction of sp³-hybridized carbons (Fsp3) is 0.714. The Bertz CT molecular complexity index is 641. The zero-order valence-corrected chi connectivity index (χ0v) is 26.8. The summed E-state index contributed by atoms with van der Waals surface area (Å²) in [6.07, 6.45) is 25.9. The zero-order valence-electron chi connectivity index (χ0n) is 21.7. The number of hydrogen-bond donors (Lipinski definition) is 0. The van der Waals surface area contributed by atoms with Crippen LogP contribution in [0, 0.1) is 12.2 Å². The summed E-state index contributed by atoms with van der Waals surface area (Å²) in [5.41, 5.74) is 2.97. The number of halogens is 2. The van der Waals surface area contributed by atoms with Crippen LogP contribution in [0.5, 0.6) is 0 Å². The first kappa shape index (κ1) is 33.7. The summed E-state index contributed by atoms with van der Waals surface area (Å²) in [6.45, 7) is 9.15. The van der Waals surface area contributed by atoms with Gasteiger partial charge in [-0.05, 0) is 0 Å². The van der Waals surface area contributed by atoms with E-state index in [0.717, 1.165) is 0 Å². The molecule has 0 atom stereocenters. The average Bonchev–Trinajstić information content (AvgIpc) is 3.37. The van der Waals surface area contributed by atoms with Gasteiger partial charge in [-0.3, -0.25) is 12.2 Å². The van der Waals surface area contributed by atoms with Crippen LogP contribution in [-0.4, -0.2) is 16.1 Å². The maximum absolute atomic E-state index is 3.73. The topological polar surface area (TPSA) is 0 Å². The third kappa shape index (κ3) is 8.36. The minimum absolute atomic E-state index is 0. The maximum Gasteiger partial charge on any atom is 4.00 e. The van der Waals surface area contributed by atoms with Crippen LogP contribution in [0.2, 0.25) is 36.3 Å². The predicted molar refractivity (Wildman–Crippen MR) is 139 cm³/mol. The van der Waals surface area contributed by atoms with Gasteiger partial charge in [0.25, 0.3) is 0 Å². The molecule has 0 radical (unpaired) electrons. The molecule has 0 amide bonds. The van der Waals surface area contributed by atoms with Crippen LogP contribution in [0.1, 0.15) is 91.9 Å². The first-order valence-corrected chi connectivity index (χ1v) is 18.5. The van der Waals surface area contributed by atoms with Gasteiger partial charge < -0.3 is 24.8 Å². The van der Waals surface area contributed by atoms with Crippen molar-refractivity contribution >= 4 is 16.1 Å². The van der Waals surface area contributed by atoms with Crippen LogP contribution < -0.4 is 24.8 Å². The summed E-state index contributed by atoms with van der Waals surface area (Å²) in [5, 5.41) is 3.55. The number of unbranched alkanes of at least 4 members (excludes halogenated alkanes) is 2. The third-order valence-corrected chi connectivity index (χ3v) is 19.5. The van der Waals surface area contributed by atoms with E-state index in [4.69, 9.17) is 0 Å². The van der Waals surface area contributed by atoms with Crippen molar-refractivity contribution in [3.8, 4) is 0 Å². The summed E-state index contributed by atoms with van der Waals surface area (Å²) < 4.78 is 0. The quantitative estimate of drug-likeness (QED) is 0.286. The van der Waals surface area contributed by atoms with Crippen molar-refractivity contribution in [3.63, 3.8) is 0 Å². The normalized spacial score (nSPS) is 21.2. The minimum Gasteiger partial charge on any atom is -1.00 e. The molecule has 2 aliphatic carbocycles. The smallest absolute Gasteiger partial charge is 1.00 e. The van der Waals surface area contributed by atoms with E-state index >= 15 is 0 Å². The Morgan fingerprint density at radius 3 is 1.24 bits per heavy atom. The van der Waals surface area contributed by atoms with Crippen LogP contribution in [0.3, 0.4) is 0 Å². The molecular weight excluding hydrogens is 511 g/mol. The molecular formula is C28H46Cl2Si2Ti. The van der Waals surface area contributed by atoms with Gasteiger partial charge in [-0.25, -0.2) is 23.3 Å². The monoisotopic (exact) mass is 556 g/mol. The van der Waals surface area contributed by atoms with E-state index in [-0.39, 0.29) is 46.5 Å². The van der Waals surface area contributed by atoms with Crippen molar-refractivity contribution in [2.24, 2.45) is 0 Å². The van der Waals surface area contributed by atoms with Crippen molar-refractivity contribution in [2.45, 2.75) is 128 Å². The summed E-state index contributed by atoms with van der Waals surface area (Å²) in [5.74, 6) is 0. The molecule has 0 spiro atoms. The van der Waals surface area contributed by atoms with Crippen LogP contribution in [0.25, 0.3) is 0 Å². The molecule has 4 aliphatic rings. The standard InChI is InChI=1S/2C14H23Si.2ClH.Ti/c2*1-3-5-9-15(10-6-11-15)14-8-7-13(4-2)12-14;;;/h2*7H,3-6,8-11H2,1-2H3;2*1H;/q2*-1;;;+4/p-2. The molecule has 2 saturated heterocycles. The van der Waals surface area contributed by atoms with Crippen molar-refractivity contribution in [1.82, 2.24) is 0 Å². The molecule has 0 unspecified atom stereocenters. The van der Waals surface area contributed by atoms with Crippen molar-refractivity contribution in [3.05, 3.63) is 45.8 Å². The van der Waals surface area contributed by atoms with E-state index in [2.05, 4.69) is 52.0 Å². The second kappa shape index (κ2) is 16.4. The van der Waals surface area contributed by atoms with Crippen molar-refractivity contribution < 1.29 is 46.5 Å². The van der Waals surface area contributed by atoms with E-state index < -0.39 is 16.1 Å². The molecule has 0 N–H and O–H groups in total. The zero-order chi connectivity index (χ0) is 21.5. The van der Waals surface area contributed by atoms with Gasteiger partial charge >= 0.3 is 21.7 Å². The molecule has 0 nitrogen and oxygen atoms in total. The van der Waals surface area contributed by atoms with Gasteiger partial charge in [-0.15, -0.1) is 12.8 Å². The number of hydrogen-bond acceptors (Lipinski definition) is 0. The Balaban J connectivity index is 0.000000569. The van der Waals surface area contributed by atoms with Gasteiger partial charge in [-0.2, -0.15) is 10.4 Å².